The van der Waals surface area contributed by atoms with E-state index in [9.17, 15) is 4.79 Å². The predicted octanol–water partition coefficient (Wildman–Crippen LogP) is 3.91. The van der Waals surface area contributed by atoms with Gasteiger partial charge in [-0.05, 0) is 37.1 Å². The number of thiazole rings is 1. The first-order valence-electron chi connectivity index (χ1n) is 8.53. The molecule has 1 amide bonds. The van der Waals surface area contributed by atoms with Gasteiger partial charge in [0.2, 0.25) is 0 Å². The first kappa shape index (κ1) is 16.6. The smallest absolute Gasteiger partial charge is 0.261 e. The van der Waals surface area contributed by atoms with Crippen molar-refractivity contribution < 1.29 is 9.53 Å². The van der Waals surface area contributed by atoms with E-state index in [0.29, 0.717) is 17.9 Å². The summed E-state index contributed by atoms with van der Waals surface area (Å²) >= 11 is 1.65. The van der Waals surface area contributed by atoms with Crippen molar-refractivity contribution in [1.82, 2.24) is 9.88 Å². The van der Waals surface area contributed by atoms with E-state index in [1.54, 1.807) is 35.6 Å². The zero-order chi connectivity index (χ0) is 17.9. The molecular formula is C20H17N3O2S. The molecule has 1 saturated heterocycles. The van der Waals surface area contributed by atoms with E-state index < -0.39 is 0 Å². The molecule has 0 saturated carbocycles. The van der Waals surface area contributed by atoms with Crippen LogP contribution in [0.1, 0.15) is 29.5 Å². The number of likely N-dealkylation sites (tertiary alicyclic amines) is 1. The van der Waals surface area contributed by atoms with Gasteiger partial charge in [-0.3, -0.25) is 4.79 Å². The van der Waals surface area contributed by atoms with Crippen molar-refractivity contribution in [3.05, 3.63) is 59.1 Å². The van der Waals surface area contributed by atoms with E-state index in [0.717, 1.165) is 28.1 Å². The highest BCUT2D eigenvalue weighted by atomic mass is 32.1. The zero-order valence-electron chi connectivity index (χ0n) is 14.1. The predicted molar refractivity (Wildman–Crippen MR) is 100.0 cm³/mol. The maximum atomic E-state index is 12.7. The van der Waals surface area contributed by atoms with Gasteiger partial charge in [0.1, 0.15) is 16.8 Å². The van der Waals surface area contributed by atoms with Gasteiger partial charge in [-0.25, -0.2) is 4.98 Å². The second-order valence-electron chi connectivity index (χ2n) is 6.16. The number of para-hydroxylation sites is 2. The fraction of sp³-hybridized carbons (Fsp3) is 0.250. The Hall–Kier alpha value is -2.91. The molecule has 0 N–H and O–H groups in total. The summed E-state index contributed by atoms with van der Waals surface area (Å²) in [6.45, 7) is 0.642. The Balaban J connectivity index is 1.49. The van der Waals surface area contributed by atoms with Crippen LogP contribution >= 0.6 is 11.3 Å². The van der Waals surface area contributed by atoms with Crippen LogP contribution < -0.4 is 4.74 Å². The molecule has 1 aromatic heterocycles. The number of ether oxygens (including phenoxy) is 1. The molecule has 1 fully saturated rings. The van der Waals surface area contributed by atoms with Crippen LogP contribution in [0.3, 0.4) is 0 Å². The van der Waals surface area contributed by atoms with Crippen LogP contribution in [0.15, 0.2) is 48.5 Å². The van der Waals surface area contributed by atoms with Gasteiger partial charge in [-0.15, -0.1) is 11.3 Å². The first-order valence-corrected chi connectivity index (χ1v) is 9.35. The average Bonchev–Trinajstić information content (AvgIpc) is 3.32. The number of hydrogen-bond donors (Lipinski definition) is 0. The molecule has 130 valence electrons. The molecule has 0 bridgehead atoms. The number of aromatic nitrogens is 1. The van der Waals surface area contributed by atoms with Crippen LogP contribution in [0.2, 0.25) is 0 Å². The molecule has 0 aliphatic carbocycles. The normalized spacial score (nSPS) is 16.6. The third kappa shape index (κ3) is 3.14. The molecule has 3 aromatic rings. The van der Waals surface area contributed by atoms with Gasteiger partial charge in [0.05, 0.1) is 21.8 Å². The van der Waals surface area contributed by atoms with Crippen molar-refractivity contribution in [2.24, 2.45) is 0 Å². The fourth-order valence-corrected chi connectivity index (χ4v) is 4.38. The van der Waals surface area contributed by atoms with E-state index in [1.807, 2.05) is 23.1 Å². The van der Waals surface area contributed by atoms with Crippen LogP contribution in [0.25, 0.3) is 10.2 Å². The number of hydrogen-bond acceptors (Lipinski definition) is 5. The number of carbonyl (C=O) groups excluding carboxylic acids is 1. The van der Waals surface area contributed by atoms with E-state index >= 15 is 0 Å². The van der Waals surface area contributed by atoms with Crippen molar-refractivity contribution >= 4 is 27.5 Å². The fourth-order valence-electron chi connectivity index (χ4n) is 3.26. The van der Waals surface area contributed by atoms with Crippen LogP contribution in [-0.4, -0.2) is 28.9 Å². The van der Waals surface area contributed by atoms with E-state index in [-0.39, 0.29) is 18.6 Å². The third-order valence-electron chi connectivity index (χ3n) is 4.53. The van der Waals surface area contributed by atoms with Crippen LogP contribution in [0.4, 0.5) is 0 Å². The lowest BCUT2D eigenvalue weighted by molar-refractivity contribution is -0.134. The summed E-state index contributed by atoms with van der Waals surface area (Å²) in [7, 11) is 0. The summed E-state index contributed by atoms with van der Waals surface area (Å²) in [6, 6.07) is 17.1. The summed E-state index contributed by atoms with van der Waals surface area (Å²) < 4.78 is 6.75. The maximum absolute atomic E-state index is 12.7. The van der Waals surface area contributed by atoms with Crippen molar-refractivity contribution in [1.29, 1.82) is 5.26 Å². The SMILES string of the molecule is N#Cc1ccccc1OCC(=O)N1CCC[C@@H]1c1nc2ccccc2s1. The number of carbonyl (C=O) groups is 1. The van der Waals surface area contributed by atoms with Crippen molar-refractivity contribution in [3.8, 4) is 11.8 Å². The molecule has 0 radical (unpaired) electrons. The highest BCUT2D eigenvalue weighted by Crippen LogP contribution is 2.36. The summed E-state index contributed by atoms with van der Waals surface area (Å²) in [4.78, 5) is 19.3. The third-order valence-corrected chi connectivity index (χ3v) is 5.66. The molecular weight excluding hydrogens is 346 g/mol. The minimum absolute atomic E-state index is 0.00899. The molecule has 2 aromatic carbocycles. The second-order valence-corrected chi connectivity index (χ2v) is 7.22. The Morgan fingerprint density at radius 1 is 1.27 bits per heavy atom. The molecule has 2 heterocycles. The number of rotatable bonds is 4. The number of nitriles is 1. The molecule has 4 rings (SSSR count). The molecule has 5 nitrogen and oxygen atoms in total. The van der Waals surface area contributed by atoms with Crippen LogP contribution in [0.5, 0.6) is 5.75 Å². The molecule has 0 spiro atoms. The Morgan fingerprint density at radius 3 is 2.92 bits per heavy atom. The van der Waals surface area contributed by atoms with Gasteiger partial charge in [-0.2, -0.15) is 5.26 Å². The molecule has 0 unspecified atom stereocenters. The Labute approximate surface area is 155 Å². The van der Waals surface area contributed by atoms with Gasteiger partial charge < -0.3 is 9.64 Å². The van der Waals surface area contributed by atoms with Crippen molar-refractivity contribution in [3.63, 3.8) is 0 Å². The highest BCUT2D eigenvalue weighted by Gasteiger charge is 2.32. The largest absolute Gasteiger partial charge is 0.482 e. The lowest BCUT2D eigenvalue weighted by atomic mass is 10.2. The zero-order valence-corrected chi connectivity index (χ0v) is 14.9. The van der Waals surface area contributed by atoms with Gasteiger partial charge in [-0.1, -0.05) is 24.3 Å². The molecule has 1 atom stereocenters. The lowest BCUT2D eigenvalue weighted by Gasteiger charge is -2.23. The van der Waals surface area contributed by atoms with Gasteiger partial charge >= 0.3 is 0 Å². The molecule has 1 aliphatic rings. The van der Waals surface area contributed by atoms with Crippen molar-refractivity contribution in [2.45, 2.75) is 18.9 Å². The van der Waals surface area contributed by atoms with E-state index in [2.05, 4.69) is 12.1 Å². The topological polar surface area (TPSA) is 66.2 Å². The van der Waals surface area contributed by atoms with E-state index in [4.69, 9.17) is 15.0 Å². The Bertz CT molecular complexity index is 959. The summed E-state index contributed by atoms with van der Waals surface area (Å²) in [6.07, 6.45) is 1.88. The lowest BCUT2D eigenvalue weighted by Crippen LogP contribution is -2.34. The number of amides is 1. The number of benzene rings is 2. The monoisotopic (exact) mass is 363 g/mol. The first-order chi connectivity index (χ1) is 12.8. The van der Waals surface area contributed by atoms with Gasteiger partial charge in [0, 0.05) is 6.54 Å². The summed E-state index contributed by atoms with van der Waals surface area (Å²) in [5, 5.41) is 10.1. The van der Waals surface area contributed by atoms with E-state index in [1.165, 1.54) is 0 Å². The van der Waals surface area contributed by atoms with Crippen LogP contribution in [-0.2, 0) is 4.79 Å². The molecule has 26 heavy (non-hydrogen) atoms. The maximum Gasteiger partial charge on any atom is 0.261 e. The second kappa shape index (κ2) is 7.14. The summed E-state index contributed by atoms with van der Waals surface area (Å²) in [5.74, 6) is 0.374. The highest BCUT2D eigenvalue weighted by molar-refractivity contribution is 7.18. The Kier molecular flexibility index (Phi) is 4.55. The minimum Gasteiger partial charge on any atom is -0.482 e. The quantitative estimate of drug-likeness (QED) is 0.705. The molecule has 1 aliphatic heterocycles. The standard InChI is InChI=1S/C20H17N3O2S/c21-12-14-6-1-3-9-17(14)25-13-19(24)23-11-5-8-16(23)20-22-15-7-2-4-10-18(15)26-20/h1-4,6-7,9-10,16H,5,8,11,13H2/t16-/m1/s1. The van der Waals surface area contributed by atoms with Gasteiger partial charge in [0.25, 0.3) is 5.91 Å². The van der Waals surface area contributed by atoms with Crippen LogP contribution in [0, 0.1) is 11.3 Å². The van der Waals surface area contributed by atoms with Gasteiger partial charge in [0.15, 0.2) is 6.61 Å². The van der Waals surface area contributed by atoms with Crippen molar-refractivity contribution in [2.75, 3.05) is 13.2 Å². The average molecular weight is 363 g/mol. The molecule has 6 heteroatoms. The minimum atomic E-state index is -0.0699. The number of fused-ring (bicyclic) bond motifs is 1. The Morgan fingerprint density at radius 2 is 2.08 bits per heavy atom. The number of nitrogens with zero attached hydrogens (tertiary/aromatic N) is 3. The summed E-state index contributed by atoms with van der Waals surface area (Å²) in [5.41, 5.74) is 1.41.